The summed E-state index contributed by atoms with van der Waals surface area (Å²) in [6, 6.07) is 7.69. The summed E-state index contributed by atoms with van der Waals surface area (Å²) in [5.74, 6) is 0.199. The van der Waals surface area contributed by atoms with Crippen LogP contribution in [0.3, 0.4) is 0 Å². The van der Waals surface area contributed by atoms with Crippen molar-refractivity contribution in [3.8, 4) is 0 Å². The average molecular weight is 280 g/mol. The normalized spacial score (nSPS) is 18.7. The molecule has 1 aromatic carbocycles. The molecular weight excluding hydrogens is 262 g/mol. The van der Waals surface area contributed by atoms with E-state index in [0.717, 1.165) is 10.6 Å². The molecule has 0 aromatic heterocycles. The molecule has 19 heavy (non-hydrogen) atoms. The number of nitrogens with zero attached hydrogens (tertiary/aromatic N) is 1. The fraction of sp³-hybridized carbons (Fsp3) is 0.400. The van der Waals surface area contributed by atoms with Crippen molar-refractivity contribution in [1.82, 2.24) is 4.90 Å². The predicted molar refractivity (Wildman–Crippen MR) is 76.3 cm³/mol. The second kappa shape index (κ2) is 5.25. The number of amides is 1. The standard InChI is InChI=1S/C15H18ClNO2/c1-15(2,3)19-14(18)17-9-8-12(10-17)11-4-6-13(16)7-5-11/h4-9,12H,10H2,1-3H3. The smallest absolute Gasteiger partial charge is 0.414 e. The Hall–Kier alpha value is -1.48. The molecule has 1 heterocycles. The van der Waals surface area contributed by atoms with Crippen molar-refractivity contribution in [2.75, 3.05) is 6.54 Å². The van der Waals surface area contributed by atoms with Crippen LogP contribution in [0.4, 0.5) is 4.79 Å². The van der Waals surface area contributed by atoms with Gasteiger partial charge in [-0.05, 0) is 38.5 Å². The molecule has 0 fully saturated rings. The van der Waals surface area contributed by atoms with Gasteiger partial charge in [-0.15, -0.1) is 0 Å². The lowest BCUT2D eigenvalue weighted by Gasteiger charge is -2.24. The Morgan fingerprint density at radius 3 is 2.53 bits per heavy atom. The number of benzene rings is 1. The van der Waals surface area contributed by atoms with Gasteiger partial charge in [-0.25, -0.2) is 4.79 Å². The molecule has 0 bridgehead atoms. The average Bonchev–Trinajstić information content (AvgIpc) is 2.77. The molecule has 3 nitrogen and oxygen atoms in total. The molecule has 1 aliphatic rings. The summed E-state index contributed by atoms with van der Waals surface area (Å²) in [6.45, 7) is 6.20. The maximum atomic E-state index is 11.9. The monoisotopic (exact) mass is 279 g/mol. The number of carbonyl (C=O) groups is 1. The number of halogens is 1. The zero-order valence-electron chi connectivity index (χ0n) is 11.4. The van der Waals surface area contributed by atoms with Gasteiger partial charge in [0.25, 0.3) is 0 Å². The summed E-state index contributed by atoms with van der Waals surface area (Å²) in [5, 5.41) is 0.717. The molecule has 0 spiro atoms. The Morgan fingerprint density at radius 1 is 1.32 bits per heavy atom. The van der Waals surface area contributed by atoms with Crippen LogP contribution >= 0.6 is 11.6 Å². The number of carbonyl (C=O) groups excluding carboxylic acids is 1. The topological polar surface area (TPSA) is 29.5 Å². The minimum absolute atomic E-state index is 0.199. The lowest BCUT2D eigenvalue weighted by atomic mass is 10.0. The van der Waals surface area contributed by atoms with Crippen LogP contribution < -0.4 is 0 Å². The molecule has 102 valence electrons. The van der Waals surface area contributed by atoms with E-state index in [9.17, 15) is 4.79 Å². The zero-order valence-corrected chi connectivity index (χ0v) is 12.1. The summed E-state index contributed by atoms with van der Waals surface area (Å²) in [5.41, 5.74) is 0.676. The Kier molecular flexibility index (Phi) is 3.85. The molecule has 0 radical (unpaired) electrons. The highest BCUT2D eigenvalue weighted by atomic mass is 35.5. The van der Waals surface area contributed by atoms with Gasteiger partial charge in [-0.3, -0.25) is 4.90 Å². The molecule has 2 rings (SSSR count). The van der Waals surface area contributed by atoms with Gasteiger partial charge in [-0.1, -0.05) is 29.8 Å². The maximum Gasteiger partial charge on any atom is 0.414 e. The van der Waals surface area contributed by atoms with Crippen LogP contribution in [0.5, 0.6) is 0 Å². The summed E-state index contributed by atoms with van der Waals surface area (Å²) >= 11 is 5.87. The van der Waals surface area contributed by atoms with Crippen molar-refractivity contribution in [2.45, 2.75) is 32.3 Å². The Bertz CT molecular complexity index is 488. The van der Waals surface area contributed by atoms with Crippen molar-refractivity contribution in [1.29, 1.82) is 0 Å². The van der Waals surface area contributed by atoms with Gasteiger partial charge in [0, 0.05) is 23.7 Å². The van der Waals surface area contributed by atoms with Gasteiger partial charge < -0.3 is 4.74 Å². The van der Waals surface area contributed by atoms with E-state index < -0.39 is 5.60 Å². The third kappa shape index (κ3) is 3.74. The van der Waals surface area contributed by atoms with E-state index in [4.69, 9.17) is 16.3 Å². The molecule has 0 aliphatic carbocycles. The van der Waals surface area contributed by atoms with Crippen molar-refractivity contribution in [3.05, 3.63) is 47.1 Å². The summed E-state index contributed by atoms with van der Waals surface area (Å²) < 4.78 is 5.34. The van der Waals surface area contributed by atoms with Crippen LogP contribution in [0.2, 0.25) is 5.02 Å². The number of hydrogen-bond acceptors (Lipinski definition) is 2. The first-order valence-electron chi connectivity index (χ1n) is 6.28. The highest BCUT2D eigenvalue weighted by Gasteiger charge is 2.26. The second-order valence-electron chi connectivity index (χ2n) is 5.63. The Labute approximate surface area is 118 Å². The summed E-state index contributed by atoms with van der Waals surface area (Å²) in [4.78, 5) is 13.5. The van der Waals surface area contributed by atoms with Crippen LogP contribution in [0.15, 0.2) is 36.5 Å². The third-order valence-electron chi connectivity index (χ3n) is 2.82. The third-order valence-corrected chi connectivity index (χ3v) is 3.07. The van der Waals surface area contributed by atoms with Gasteiger partial charge in [0.05, 0.1) is 0 Å². The van der Waals surface area contributed by atoms with E-state index in [0.29, 0.717) is 6.54 Å². The first-order chi connectivity index (χ1) is 8.85. The van der Waals surface area contributed by atoms with Crippen LogP contribution in [0.25, 0.3) is 0 Å². The molecule has 1 unspecified atom stereocenters. The van der Waals surface area contributed by atoms with E-state index in [1.807, 2.05) is 51.1 Å². The fourth-order valence-electron chi connectivity index (χ4n) is 1.92. The fourth-order valence-corrected chi connectivity index (χ4v) is 2.05. The van der Waals surface area contributed by atoms with Crippen molar-refractivity contribution >= 4 is 17.7 Å². The highest BCUT2D eigenvalue weighted by Crippen LogP contribution is 2.26. The second-order valence-corrected chi connectivity index (χ2v) is 6.07. The van der Waals surface area contributed by atoms with Gasteiger partial charge in [0.1, 0.15) is 5.60 Å². The first-order valence-corrected chi connectivity index (χ1v) is 6.66. The minimum Gasteiger partial charge on any atom is -0.443 e. The van der Waals surface area contributed by atoms with E-state index in [2.05, 4.69) is 0 Å². The SMILES string of the molecule is CC(C)(C)OC(=O)N1C=CC(c2ccc(Cl)cc2)C1. The molecular formula is C15H18ClNO2. The maximum absolute atomic E-state index is 11.9. The first kappa shape index (κ1) is 13.9. The molecule has 0 N–H and O–H groups in total. The van der Waals surface area contributed by atoms with Crippen LogP contribution in [0, 0.1) is 0 Å². The largest absolute Gasteiger partial charge is 0.443 e. The molecule has 1 atom stereocenters. The van der Waals surface area contributed by atoms with E-state index in [1.165, 1.54) is 0 Å². The molecule has 0 saturated heterocycles. The lowest BCUT2D eigenvalue weighted by molar-refractivity contribution is 0.0345. The number of ether oxygens (including phenoxy) is 1. The van der Waals surface area contributed by atoms with Crippen LogP contribution in [-0.4, -0.2) is 23.1 Å². The molecule has 1 aliphatic heterocycles. The van der Waals surface area contributed by atoms with Crippen LogP contribution in [-0.2, 0) is 4.74 Å². The van der Waals surface area contributed by atoms with E-state index in [-0.39, 0.29) is 12.0 Å². The molecule has 1 aromatic rings. The van der Waals surface area contributed by atoms with Crippen LogP contribution in [0.1, 0.15) is 32.3 Å². The molecule has 4 heteroatoms. The minimum atomic E-state index is -0.469. The number of rotatable bonds is 1. The zero-order chi connectivity index (χ0) is 14.0. The number of hydrogen-bond donors (Lipinski definition) is 0. The Morgan fingerprint density at radius 2 is 1.95 bits per heavy atom. The van der Waals surface area contributed by atoms with Gasteiger partial charge in [-0.2, -0.15) is 0 Å². The van der Waals surface area contributed by atoms with Crippen molar-refractivity contribution in [2.24, 2.45) is 0 Å². The highest BCUT2D eigenvalue weighted by molar-refractivity contribution is 6.30. The summed E-state index contributed by atoms with van der Waals surface area (Å²) in [6.07, 6.45) is 3.49. The summed E-state index contributed by atoms with van der Waals surface area (Å²) in [7, 11) is 0. The Balaban J connectivity index is 1.99. The lowest BCUT2D eigenvalue weighted by Crippen LogP contribution is -2.33. The van der Waals surface area contributed by atoms with Gasteiger partial charge in [0.15, 0.2) is 0 Å². The van der Waals surface area contributed by atoms with Crippen molar-refractivity contribution < 1.29 is 9.53 Å². The van der Waals surface area contributed by atoms with Gasteiger partial charge >= 0.3 is 6.09 Å². The van der Waals surface area contributed by atoms with E-state index in [1.54, 1.807) is 11.1 Å². The predicted octanol–water partition coefficient (Wildman–Crippen LogP) is 4.19. The van der Waals surface area contributed by atoms with E-state index >= 15 is 0 Å². The molecule has 1 amide bonds. The van der Waals surface area contributed by atoms with Gasteiger partial charge in [0.2, 0.25) is 0 Å². The quantitative estimate of drug-likeness (QED) is 0.771. The van der Waals surface area contributed by atoms with Crippen molar-refractivity contribution in [3.63, 3.8) is 0 Å². The molecule has 0 saturated carbocycles.